The molecule has 0 radical (unpaired) electrons. The highest BCUT2D eigenvalue weighted by Gasteiger charge is 2.25. The van der Waals surface area contributed by atoms with Crippen LogP contribution in [0.3, 0.4) is 0 Å². The van der Waals surface area contributed by atoms with Gasteiger partial charge in [-0.3, -0.25) is 0 Å². The van der Waals surface area contributed by atoms with Gasteiger partial charge >= 0.3 is 0 Å². The summed E-state index contributed by atoms with van der Waals surface area (Å²) in [5.41, 5.74) is 1.11. The molecule has 1 aromatic rings. The molecule has 1 aromatic heterocycles. The Hall–Kier alpha value is -0.450. The monoisotopic (exact) mass is 199 g/mol. The summed E-state index contributed by atoms with van der Waals surface area (Å²) in [4.78, 5) is 5.54. The molecule has 0 saturated heterocycles. The Kier molecular flexibility index (Phi) is 2.36. The van der Waals surface area contributed by atoms with Crippen molar-refractivity contribution in [2.75, 3.05) is 0 Å². The highest BCUT2D eigenvalue weighted by atomic mass is 32.1. The zero-order valence-corrected chi connectivity index (χ0v) is 8.60. The van der Waals surface area contributed by atoms with Gasteiger partial charge < -0.3 is 9.84 Å². The van der Waals surface area contributed by atoms with E-state index >= 15 is 0 Å². The highest BCUT2D eigenvalue weighted by molar-refractivity contribution is 7.11. The van der Waals surface area contributed by atoms with Crippen LogP contribution in [0.25, 0.3) is 0 Å². The minimum absolute atomic E-state index is 0.0404. The van der Waals surface area contributed by atoms with Gasteiger partial charge in [-0.2, -0.15) is 0 Å². The summed E-state index contributed by atoms with van der Waals surface area (Å²) in [6.07, 6.45) is 1.25. The number of thiazole rings is 1. The minimum atomic E-state index is 0.0404. The molecule has 0 amide bonds. The third-order valence-electron chi connectivity index (χ3n) is 2.19. The fourth-order valence-corrected chi connectivity index (χ4v) is 2.62. The molecule has 3 nitrogen and oxygen atoms in total. The summed E-state index contributed by atoms with van der Waals surface area (Å²) in [6, 6.07) is 0. The van der Waals surface area contributed by atoms with Crippen LogP contribution < -0.4 is 0 Å². The first kappa shape index (κ1) is 9.12. The van der Waals surface area contributed by atoms with Crippen LogP contribution in [-0.4, -0.2) is 16.2 Å². The van der Waals surface area contributed by atoms with E-state index in [9.17, 15) is 0 Å². The quantitative estimate of drug-likeness (QED) is 0.748. The lowest BCUT2D eigenvalue weighted by atomic mass is 10.1. The van der Waals surface area contributed by atoms with Crippen molar-refractivity contribution in [1.29, 1.82) is 0 Å². The fourth-order valence-electron chi connectivity index (χ4n) is 1.68. The zero-order chi connectivity index (χ0) is 9.42. The third-order valence-corrected chi connectivity index (χ3v) is 3.44. The van der Waals surface area contributed by atoms with Crippen molar-refractivity contribution in [3.05, 3.63) is 15.6 Å². The molecule has 0 fully saturated rings. The standard InChI is InChI=1S/C9H13NO2S/c1-5-3-7-9(6(2)12-5)13-8(4-11)10-7/h5-6,11H,3-4H2,1-2H3. The number of fused-ring (bicyclic) bond motifs is 1. The SMILES string of the molecule is CC1Cc2nc(CO)sc2C(C)O1. The summed E-state index contributed by atoms with van der Waals surface area (Å²) in [5.74, 6) is 0. The molecule has 0 aromatic carbocycles. The van der Waals surface area contributed by atoms with Gasteiger partial charge in [-0.25, -0.2) is 4.98 Å². The second kappa shape index (κ2) is 3.36. The van der Waals surface area contributed by atoms with E-state index in [1.807, 2.05) is 6.92 Å². The van der Waals surface area contributed by atoms with Crippen LogP contribution in [-0.2, 0) is 17.8 Å². The molecule has 0 bridgehead atoms. The number of ether oxygens (including phenoxy) is 1. The number of nitrogens with zero attached hydrogens (tertiary/aromatic N) is 1. The van der Waals surface area contributed by atoms with Crippen LogP contribution in [0.4, 0.5) is 0 Å². The van der Waals surface area contributed by atoms with Crippen LogP contribution in [0.15, 0.2) is 0 Å². The van der Waals surface area contributed by atoms with Crippen LogP contribution in [0.1, 0.15) is 35.5 Å². The summed E-state index contributed by atoms with van der Waals surface area (Å²) < 4.78 is 5.66. The second-order valence-corrected chi connectivity index (χ2v) is 4.48. The number of hydrogen-bond donors (Lipinski definition) is 1. The van der Waals surface area contributed by atoms with Crippen molar-refractivity contribution in [3.8, 4) is 0 Å². The maximum atomic E-state index is 8.95. The molecule has 2 rings (SSSR count). The van der Waals surface area contributed by atoms with Crippen LogP contribution in [0, 0.1) is 0 Å². The predicted molar refractivity (Wildman–Crippen MR) is 50.7 cm³/mol. The average Bonchev–Trinajstić information content (AvgIpc) is 2.47. The number of hydrogen-bond acceptors (Lipinski definition) is 4. The van der Waals surface area contributed by atoms with Gasteiger partial charge in [0.1, 0.15) is 5.01 Å². The number of aliphatic hydroxyl groups is 1. The lowest BCUT2D eigenvalue weighted by Gasteiger charge is -2.23. The maximum Gasteiger partial charge on any atom is 0.119 e. The molecule has 1 aliphatic heterocycles. The Morgan fingerprint density at radius 2 is 2.38 bits per heavy atom. The molecule has 2 atom stereocenters. The van der Waals surface area contributed by atoms with Gasteiger partial charge in [0.05, 0.1) is 29.4 Å². The molecule has 2 unspecified atom stereocenters. The van der Waals surface area contributed by atoms with E-state index in [1.165, 1.54) is 4.88 Å². The number of aromatic nitrogens is 1. The molecular formula is C9H13NO2S. The van der Waals surface area contributed by atoms with Gasteiger partial charge in [0.25, 0.3) is 0 Å². The Morgan fingerprint density at radius 1 is 1.62 bits per heavy atom. The molecule has 4 heteroatoms. The summed E-state index contributed by atoms with van der Waals surface area (Å²) in [7, 11) is 0. The largest absolute Gasteiger partial charge is 0.389 e. The van der Waals surface area contributed by atoms with Crippen LogP contribution >= 0.6 is 11.3 Å². The highest BCUT2D eigenvalue weighted by Crippen LogP contribution is 2.33. The van der Waals surface area contributed by atoms with Gasteiger partial charge in [0.2, 0.25) is 0 Å². The Labute approximate surface area is 81.4 Å². The van der Waals surface area contributed by atoms with Crippen LogP contribution in [0.2, 0.25) is 0 Å². The van der Waals surface area contributed by atoms with E-state index in [0.29, 0.717) is 0 Å². The molecule has 0 aliphatic carbocycles. The lowest BCUT2D eigenvalue weighted by molar-refractivity contribution is -0.00320. The lowest BCUT2D eigenvalue weighted by Crippen LogP contribution is -2.20. The Bertz CT molecular complexity index is 311. The summed E-state index contributed by atoms with van der Waals surface area (Å²) in [6.45, 7) is 4.13. The van der Waals surface area contributed by atoms with E-state index in [4.69, 9.17) is 9.84 Å². The van der Waals surface area contributed by atoms with E-state index < -0.39 is 0 Å². The molecule has 1 N–H and O–H groups in total. The number of rotatable bonds is 1. The van der Waals surface area contributed by atoms with Gasteiger partial charge in [-0.15, -0.1) is 11.3 Å². The normalized spacial score (nSPS) is 27.3. The van der Waals surface area contributed by atoms with Crippen molar-refractivity contribution in [2.45, 2.75) is 39.1 Å². The van der Waals surface area contributed by atoms with Crippen molar-refractivity contribution >= 4 is 11.3 Å². The van der Waals surface area contributed by atoms with Gasteiger partial charge in [-0.05, 0) is 13.8 Å². The molecule has 72 valence electrons. The first-order valence-corrected chi connectivity index (χ1v) is 5.27. The van der Waals surface area contributed by atoms with E-state index in [-0.39, 0.29) is 18.8 Å². The number of aliphatic hydroxyl groups excluding tert-OH is 1. The molecule has 0 saturated carbocycles. The van der Waals surface area contributed by atoms with E-state index in [0.717, 1.165) is 17.1 Å². The Balaban J connectivity index is 2.35. The van der Waals surface area contributed by atoms with E-state index in [2.05, 4.69) is 11.9 Å². The van der Waals surface area contributed by atoms with E-state index in [1.54, 1.807) is 11.3 Å². The van der Waals surface area contributed by atoms with Gasteiger partial charge in [0.15, 0.2) is 0 Å². The topological polar surface area (TPSA) is 42.4 Å². The Morgan fingerprint density at radius 3 is 3.08 bits per heavy atom. The zero-order valence-electron chi connectivity index (χ0n) is 7.78. The molecule has 13 heavy (non-hydrogen) atoms. The van der Waals surface area contributed by atoms with Crippen molar-refractivity contribution in [1.82, 2.24) is 4.98 Å². The minimum Gasteiger partial charge on any atom is -0.389 e. The summed E-state index contributed by atoms with van der Waals surface area (Å²) in [5, 5.41) is 9.75. The second-order valence-electron chi connectivity index (χ2n) is 3.37. The first-order valence-electron chi connectivity index (χ1n) is 4.45. The molecule has 1 aliphatic rings. The smallest absolute Gasteiger partial charge is 0.119 e. The van der Waals surface area contributed by atoms with Gasteiger partial charge in [-0.1, -0.05) is 0 Å². The van der Waals surface area contributed by atoms with Crippen molar-refractivity contribution in [3.63, 3.8) is 0 Å². The van der Waals surface area contributed by atoms with Crippen molar-refractivity contribution in [2.24, 2.45) is 0 Å². The fraction of sp³-hybridized carbons (Fsp3) is 0.667. The molecule has 2 heterocycles. The maximum absolute atomic E-state index is 8.95. The predicted octanol–water partition coefficient (Wildman–Crippen LogP) is 1.66. The van der Waals surface area contributed by atoms with Crippen LogP contribution in [0.5, 0.6) is 0 Å². The first-order chi connectivity index (χ1) is 6.20. The molecular weight excluding hydrogens is 186 g/mol. The average molecular weight is 199 g/mol. The van der Waals surface area contributed by atoms with Crippen molar-refractivity contribution < 1.29 is 9.84 Å². The summed E-state index contributed by atoms with van der Waals surface area (Å²) >= 11 is 1.56. The molecule has 0 spiro atoms. The van der Waals surface area contributed by atoms with Gasteiger partial charge in [0, 0.05) is 6.42 Å². The third kappa shape index (κ3) is 1.61.